The number of nitrogens with zero attached hydrogens (tertiary/aromatic N) is 1. The van der Waals surface area contributed by atoms with Gasteiger partial charge < -0.3 is 14.8 Å². The van der Waals surface area contributed by atoms with Crippen LogP contribution in [0, 0.1) is 5.92 Å². The first-order chi connectivity index (χ1) is 16.1. The van der Waals surface area contributed by atoms with Crippen molar-refractivity contribution in [3.05, 3.63) is 84.1 Å². The van der Waals surface area contributed by atoms with Crippen molar-refractivity contribution in [3.63, 3.8) is 0 Å². The van der Waals surface area contributed by atoms with E-state index in [1.807, 2.05) is 54.6 Å². The number of ether oxygens (including phenoxy) is 2. The first kappa shape index (κ1) is 22.5. The van der Waals surface area contributed by atoms with Crippen LogP contribution in [0.1, 0.15) is 53.9 Å². The van der Waals surface area contributed by atoms with Crippen molar-refractivity contribution in [3.8, 4) is 11.5 Å². The van der Waals surface area contributed by atoms with Crippen LogP contribution in [-0.4, -0.2) is 24.0 Å². The normalized spacial score (nSPS) is 14.5. The molecule has 0 saturated heterocycles. The van der Waals surface area contributed by atoms with Crippen LogP contribution in [0.4, 0.5) is 5.82 Å². The van der Waals surface area contributed by atoms with Gasteiger partial charge in [0.15, 0.2) is 0 Å². The molecule has 0 bridgehead atoms. The second kappa shape index (κ2) is 10.8. The molecule has 1 fully saturated rings. The van der Waals surface area contributed by atoms with Crippen LogP contribution < -0.4 is 10.1 Å². The number of carbonyl (C=O) groups excluding carboxylic acids is 2. The third-order valence-electron chi connectivity index (χ3n) is 6.06. The maximum Gasteiger partial charge on any atom is 0.339 e. The van der Waals surface area contributed by atoms with Gasteiger partial charge in [0.05, 0.1) is 18.6 Å². The number of hydrogen-bond acceptors (Lipinski definition) is 5. The van der Waals surface area contributed by atoms with Gasteiger partial charge in [-0.3, -0.25) is 4.79 Å². The predicted octanol–water partition coefficient (Wildman–Crippen LogP) is 5.96. The van der Waals surface area contributed by atoms with Crippen LogP contribution in [0.5, 0.6) is 11.5 Å². The van der Waals surface area contributed by atoms with Gasteiger partial charge in [0, 0.05) is 6.20 Å². The van der Waals surface area contributed by atoms with Gasteiger partial charge in [-0.2, -0.15) is 0 Å². The molecule has 1 aliphatic carbocycles. The number of rotatable bonds is 8. The molecule has 170 valence electrons. The van der Waals surface area contributed by atoms with Gasteiger partial charge in [0.25, 0.3) is 0 Å². The van der Waals surface area contributed by atoms with E-state index in [-0.39, 0.29) is 11.8 Å². The summed E-state index contributed by atoms with van der Waals surface area (Å²) in [6, 6.07) is 20.6. The zero-order chi connectivity index (χ0) is 23.0. The highest BCUT2D eigenvalue weighted by molar-refractivity contribution is 5.95. The third-order valence-corrected chi connectivity index (χ3v) is 6.06. The van der Waals surface area contributed by atoms with Crippen molar-refractivity contribution >= 4 is 17.7 Å². The summed E-state index contributed by atoms with van der Waals surface area (Å²) in [5, 5.41) is 2.92. The molecular formula is C27H28N2O4. The molecule has 2 aromatic carbocycles. The Morgan fingerprint density at radius 2 is 1.67 bits per heavy atom. The molecule has 1 unspecified atom stereocenters. The number of benzene rings is 2. The molecule has 4 rings (SSSR count). The fourth-order valence-electron chi connectivity index (χ4n) is 4.29. The lowest BCUT2D eigenvalue weighted by Crippen LogP contribution is -2.23. The second-order valence-electron chi connectivity index (χ2n) is 8.34. The summed E-state index contributed by atoms with van der Waals surface area (Å²) in [5.41, 5.74) is 1.29. The van der Waals surface area contributed by atoms with Crippen LogP contribution in [0.15, 0.2) is 72.9 Å². The fourth-order valence-corrected chi connectivity index (χ4v) is 4.29. The number of carbonyl (C=O) groups is 2. The van der Waals surface area contributed by atoms with Crippen molar-refractivity contribution in [2.75, 3.05) is 12.4 Å². The van der Waals surface area contributed by atoms with Gasteiger partial charge in [-0.1, -0.05) is 56.0 Å². The number of amides is 1. The highest BCUT2D eigenvalue weighted by Crippen LogP contribution is 2.35. The number of nitrogens with one attached hydrogen (secondary N) is 1. The lowest BCUT2D eigenvalue weighted by atomic mass is 9.87. The number of para-hydroxylation sites is 1. The molecule has 0 radical (unpaired) electrons. The summed E-state index contributed by atoms with van der Waals surface area (Å²) in [4.78, 5) is 29.1. The molecule has 1 aromatic heterocycles. The summed E-state index contributed by atoms with van der Waals surface area (Å²) >= 11 is 0. The van der Waals surface area contributed by atoms with E-state index in [9.17, 15) is 9.59 Å². The largest absolute Gasteiger partial charge is 0.465 e. The maximum atomic E-state index is 13.3. The Hall–Kier alpha value is -3.67. The summed E-state index contributed by atoms with van der Waals surface area (Å²) < 4.78 is 10.6. The summed E-state index contributed by atoms with van der Waals surface area (Å²) in [6.07, 6.45) is 6.96. The maximum absolute atomic E-state index is 13.3. The quantitative estimate of drug-likeness (QED) is 0.434. The first-order valence-corrected chi connectivity index (χ1v) is 11.3. The van der Waals surface area contributed by atoms with Crippen molar-refractivity contribution in [1.29, 1.82) is 0 Å². The molecule has 6 nitrogen and oxygen atoms in total. The van der Waals surface area contributed by atoms with Crippen molar-refractivity contribution in [1.82, 2.24) is 4.98 Å². The van der Waals surface area contributed by atoms with Gasteiger partial charge >= 0.3 is 5.97 Å². The minimum atomic E-state index is -0.461. The van der Waals surface area contributed by atoms with E-state index in [2.05, 4.69) is 10.3 Å². The van der Waals surface area contributed by atoms with E-state index in [0.29, 0.717) is 17.3 Å². The van der Waals surface area contributed by atoms with Gasteiger partial charge in [-0.05, 0) is 54.3 Å². The van der Waals surface area contributed by atoms with Gasteiger partial charge in [-0.25, -0.2) is 9.78 Å². The Morgan fingerprint density at radius 1 is 0.970 bits per heavy atom. The highest BCUT2D eigenvalue weighted by atomic mass is 16.5. The van der Waals surface area contributed by atoms with Crippen molar-refractivity contribution in [2.24, 2.45) is 5.92 Å². The number of methoxy groups -OCH3 is 1. The number of esters is 1. The molecular weight excluding hydrogens is 416 g/mol. The number of aromatic nitrogens is 1. The number of anilines is 1. The van der Waals surface area contributed by atoms with E-state index in [1.165, 1.54) is 26.1 Å². The van der Waals surface area contributed by atoms with E-state index < -0.39 is 5.97 Å². The topological polar surface area (TPSA) is 77.5 Å². The Morgan fingerprint density at radius 3 is 2.30 bits per heavy atom. The van der Waals surface area contributed by atoms with E-state index in [1.54, 1.807) is 12.1 Å². The average Bonchev–Trinajstić information content (AvgIpc) is 3.37. The van der Waals surface area contributed by atoms with Gasteiger partial charge in [-0.15, -0.1) is 0 Å². The molecule has 3 aromatic rings. The van der Waals surface area contributed by atoms with Gasteiger partial charge in [0.2, 0.25) is 5.91 Å². The zero-order valence-corrected chi connectivity index (χ0v) is 18.7. The fraction of sp³-hybridized carbons (Fsp3) is 0.296. The van der Waals surface area contributed by atoms with E-state index >= 15 is 0 Å². The van der Waals surface area contributed by atoms with Crippen molar-refractivity contribution in [2.45, 2.75) is 38.0 Å². The molecule has 1 heterocycles. The van der Waals surface area contributed by atoms with Crippen LogP contribution in [0.2, 0.25) is 0 Å². The van der Waals surface area contributed by atoms with E-state index in [0.717, 1.165) is 36.3 Å². The lowest BCUT2D eigenvalue weighted by Gasteiger charge is -2.21. The monoisotopic (exact) mass is 444 g/mol. The molecule has 1 atom stereocenters. The molecule has 1 N–H and O–H groups in total. The lowest BCUT2D eigenvalue weighted by molar-refractivity contribution is -0.118. The van der Waals surface area contributed by atoms with Crippen LogP contribution in [0.25, 0.3) is 0 Å². The Kier molecular flexibility index (Phi) is 7.35. The standard InChI is InChI=1S/C27H28N2O4/c1-32-27(31)21-13-16-25(28-18-21)29-26(30)24(17-19-7-5-6-8-19)20-11-14-23(15-12-20)33-22-9-3-2-4-10-22/h2-4,9-16,18-19,24H,5-8,17H2,1H3,(H,28,29,30). The molecule has 1 amide bonds. The SMILES string of the molecule is COC(=O)c1ccc(NC(=O)C(CC2CCCC2)c2ccc(Oc3ccccc3)cc2)nc1. The highest BCUT2D eigenvalue weighted by Gasteiger charge is 2.27. The van der Waals surface area contributed by atoms with Gasteiger partial charge in [0.1, 0.15) is 17.3 Å². The van der Waals surface area contributed by atoms with Crippen LogP contribution >= 0.6 is 0 Å². The van der Waals surface area contributed by atoms with Crippen LogP contribution in [-0.2, 0) is 9.53 Å². The Balaban J connectivity index is 1.49. The molecule has 0 spiro atoms. The zero-order valence-electron chi connectivity index (χ0n) is 18.7. The molecule has 0 aliphatic heterocycles. The Bertz CT molecular complexity index is 1060. The third kappa shape index (κ3) is 5.98. The average molecular weight is 445 g/mol. The summed E-state index contributed by atoms with van der Waals surface area (Å²) in [7, 11) is 1.32. The molecule has 1 saturated carbocycles. The second-order valence-corrected chi connectivity index (χ2v) is 8.34. The minimum absolute atomic E-state index is 0.100. The summed E-state index contributed by atoms with van der Waals surface area (Å²) in [6.45, 7) is 0. The Labute approximate surface area is 194 Å². The molecule has 1 aliphatic rings. The predicted molar refractivity (Wildman–Crippen MR) is 126 cm³/mol. The molecule has 6 heteroatoms. The van der Waals surface area contributed by atoms with Crippen LogP contribution in [0.3, 0.4) is 0 Å². The minimum Gasteiger partial charge on any atom is -0.465 e. The number of pyridine rings is 1. The summed E-state index contributed by atoms with van der Waals surface area (Å²) in [5.74, 6) is 1.59. The number of hydrogen-bond donors (Lipinski definition) is 1. The van der Waals surface area contributed by atoms with E-state index in [4.69, 9.17) is 9.47 Å². The van der Waals surface area contributed by atoms with Crippen molar-refractivity contribution < 1.29 is 19.1 Å². The first-order valence-electron chi connectivity index (χ1n) is 11.3. The smallest absolute Gasteiger partial charge is 0.339 e. The molecule has 33 heavy (non-hydrogen) atoms.